The Labute approximate surface area is 129 Å². The van der Waals surface area contributed by atoms with E-state index in [9.17, 15) is 8.42 Å². The largest absolute Gasteiger partial charge is 0.310 e. The molecular formula is C16H28N2O2S. The lowest BCUT2D eigenvalue weighted by molar-refractivity contribution is 0.368. The fraction of sp³-hybridized carbons (Fsp3) is 0.625. The van der Waals surface area contributed by atoms with E-state index in [1.54, 1.807) is 19.2 Å². The molecule has 0 aliphatic heterocycles. The maximum absolute atomic E-state index is 12.7. The van der Waals surface area contributed by atoms with Gasteiger partial charge in [0.15, 0.2) is 0 Å². The third-order valence-electron chi connectivity index (χ3n) is 3.87. The first-order chi connectivity index (χ1) is 9.84. The van der Waals surface area contributed by atoms with Gasteiger partial charge >= 0.3 is 0 Å². The van der Waals surface area contributed by atoms with Gasteiger partial charge in [0.05, 0.1) is 4.90 Å². The van der Waals surface area contributed by atoms with Crippen molar-refractivity contribution in [3.8, 4) is 0 Å². The second-order valence-electron chi connectivity index (χ2n) is 5.51. The predicted octanol–water partition coefficient (Wildman–Crippen LogP) is 3.17. The average Bonchev–Trinajstić information content (AvgIpc) is 2.47. The van der Waals surface area contributed by atoms with Gasteiger partial charge in [-0.05, 0) is 44.5 Å². The van der Waals surface area contributed by atoms with E-state index < -0.39 is 10.0 Å². The Morgan fingerprint density at radius 2 is 1.90 bits per heavy atom. The molecule has 0 saturated carbocycles. The van der Waals surface area contributed by atoms with Crippen molar-refractivity contribution in [3.63, 3.8) is 0 Å². The molecule has 0 saturated heterocycles. The summed E-state index contributed by atoms with van der Waals surface area (Å²) in [5.74, 6) is 0. The maximum atomic E-state index is 12.7. The highest BCUT2D eigenvalue weighted by Crippen LogP contribution is 2.22. The summed E-state index contributed by atoms with van der Waals surface area (Å²) in [6.45, 7) is 8.95. The molecule has 0 heterocycles. The van der Waals surface area contributed by atoms with E-state index in [4.69, 9.17) is 0 Å². The number of nitrogens with zero attached hydrogens (tertiary/aromatic N) is 1. The monoisotopic (exact) mass is 312 g/mol. The number of sulfonamides is 1. The van der Waals surface area contributed by atoms with Gasteiger partial charge in [0, 0.05) is 19.1 Å². The highest BCUT2D eigenvalue weighted by molar-refractivity contribution is 7.89. The van der Waals surface area contributed by atoms with Crippen LogP contribution in [0.3, 0.4) is 0 Å². The second kappa shape index (κ2) is 7.92. The Morgan fingerprint density at radius 1 is 1.24 bits per heavy atom. The van der Waals surface area contributed by atoms with Crippen LogP contribution in [0.2, 0.25) is 0 Å². The number of hydrogen-bond donors (Lipinski definition) is 1. The van der Waals surface area contributed by atoms with Crippen LogP contribution in [0, 0.1) is 0 Å². The van der Waals surface area contributed by atoms with Crippen LogP contribution in [0.25, 0.3) is 0 Å². The van der Waals surface area contributed by atoms with Crippen LogP contribution in [-0.2, 0) is 10.0 Å². The van der Waals surface area contributed by atoms with Crippen molar-refractivity contribution >= 4 is 10.0 Å². The Balaban J connectivity index is 3.06. The molecule has 4 nitrogen and oxygen atoms in total. The SMILES string of the molecule is CCCC(C)N(C)S(=O)(=O)c1cccc(C(C)NCC)c1. The molecule has 1 rings (SSSR count). The molecule has 120 valence electrons. The molecule has 0 aromatic heterocycles. The highest BCUT2D eigenvalue weighted by Gasteiger charge is 2.25. The van der Waals surface area contributed by atoms with Gasteiger partial charge in [-0.15, -0.1) is 0 Å². The molecule has 0 spiro atoms. The van der Waals surface area contributed by atoms with Crippen LogP contribution in [0.1, 0.15) is 52.1 Å². The van der Waals surface area contributed by atoms with E-state index in [-0.39, 0.29) is 12.1 Å². The smallest absolute Gasteiger partial charge is 0.243 e. The molecule has 0 bridgehead atoms. The topological polar surface area (TPSA) is 49.4 Å². The van der Waals surface area contributed by atoms with E-state index >= 15 is 0 Å². The van der Waals surface area contributed by atoms with Crippen molar-refractivity contribution in [1.82, 2.24) is 9.62 Å². The van der Waals surface area contributed by atoms with Crippen molar-refractivity contribution in [2.45, 2.75) is 57.5 Å². The van der Waals surface area contributed by atoms with Crippen molar-refractivity contribution in [2.75, 3.05) is 13.6 Å². The Morgan fingerprint density at radius 3 is 2.48 bits per heavy atom. The van der Waals surface area contributed by atoms with Gasteiger partial charge in [-0.2, -0.15) is 4.31 Å². The first-order valence-electron chi connectivity index (χ1n) is 7.65. The van der Waals surface area contributed by atoms with Crippen LogP contribution < -0.4 is 5.32 Å². The normalized spacial score (nSPS) is 15.1. The fourth-order valence-electron chi connectivity index (χ4n) is 2.37. The lowest BCUT2D eigenvalue weighted by Gasteiger charge is -2.24. The van der Waals surface area contributed by atoms with Crippen molar-refractivity contribution < 1.29 is 8.42 Å². The molecule has 2 atom stereocenters. The van der Waals surface area contributed by atoms with Gasteiger partial charge in [-0.3, -0.25) is 0 Å². The molecule has 5 heteroatoms. The van der Waals surface area contributed by atoms with Crippen molar-refractivity contribution in [2.24, 2.45) is 0 Å². The van der Waals surface area contributed by atoms with Gasteiger partial charge in [0.1, 0.15) is 0 Å². The summed E-state index contributed by atoms with van der Waals surface area (Å²) in [6.07, 6.45) is 1.84. The third kappa shape index (κ3) is 4.53. The molecule has 0 fully saturated rings. The predicted molar refractivity (Wildman–Crippen MR) is 87.9 cm³/mol. The van der Waals surface area contributed by atoms with E-state index in [1.807, 2.05) is 32.9 Å². The average molecular weight is 312 g/mol. The molecule has 1 aromatic carbocycles. The van der Waals surface area contributed by atoms with Gasteiger partial charge in [0.25, 0.3) is 0 Å². The fourth-order valence-corrected chi connectivity index (χ4v) is 3.82. The standard InChI is InChI=1S/C16H28N2O2S/c1-6-9-13(3)18(5)21(19,20)16-11-8-10-15(12-16)14(4)17-7-2/h8,10-14,17H,6-7,9H2,1-5H3. The maximum Gasteiger partial charge on any atom is 0.243 e. The zero-order valence-corrected chi connectivity index (χ0v) is 14.6. The molecule has 0 amide bonds. The number of rotatable bonds is 8. The molecule has 2 unspecified atom stereocenters. The summed E-state index contributed by atoms with van der Waals surface area (Å²) < 4.78 is 26.9. The Kier molecular flexibility index (Phi) is 6.84. The quantitative estimate of drug-likeness (QED) is 0.802. The summed E-state index contributed by atoms with van der Waals surface area (Å²) in [7, 11) is -1.76. The Bertz CT molecular complexity index is 543. The van der Waals surface area contributed by atoms with E-state index in [0.29, 0.717) is 4.90 Å². The van der Waals surface area contributed by atoms with Crippen LogP contribution in [0.15, 0.2) is 29.2 Å². The van der Waals surface area contributed by atoms with Crippen molar-refractivity contribution in [1.29, 1.82) is 0 Å². The van der Waals surface area contributed by atoms with Gasteiger partial charge in [-0.25, -0.2) is 8.42 Å². The lowest BCUT2D eigenvalue weighted by atomic mass is 10.1. The molecule has 21 heavy (non-hydrogen) atoms. The molecule has 0 aliphatic rings. The van der Waals surface area contributed by atoms with Crippen LogP contribution >= 0.6 is 0 Å². The first kappa shape index (κ1) is 18.1. The molecule has 0 aliphatic carbocycles. The zero-order valence-electron chi connectivity index (χ0n) is 13.8. The number of nitrogens with one attached hydrogen (secondary N) is 1. The molecule has 1 N–H and O–H groups in total. The van der Waals surface area contributed by atoms with Gasteiger partial charge in [0.2, 0.25) is 10.0 Å². The summed E-state index contributed by atoms with van der Waals surface area (Å²) >= 11 is 0. The third-order valence-corrected chi connectivity index (χ3v) is 5.84. The minimum Gasteiger partial charge on any atom is -0.310 e. The van der Waals surface area contributed by atoms with Gasteiger partial charge < -0.3 is 5.32 Å². The van der Waals surface area contributed by atoms with Crippen LogP contribution in [0.4, 0.5) is 0 Å². The van der Waals surface area contributed by atoms with E-state index in [0.717, 1.165) is 24.9 Å². The van der Waals surface area contributed by atoms with Gasteiger partial charge in [-0.1, -0.05) is 32.4 Å². The van der Waals surface area contributed by atoms with E-state index in [2.05, 4.69) is 12.2 Å². The molecular weight excluding hydrogens is 284 g/mol. The molecule has 1 aromatic rings. The summed E-state index contributed by atoms with van der Waals surface area (Å²) in [5.41, 5.74) is 0.995. The van der Waals surface area contributed by atoms with Crippen LogP contribution in [0.5, 0.6) is 0 Å². The lowest BCUT2D eigenvalue weighted by Crippen LogP contribution is -2.35. The zero-order chi connectivity index (χ0) is 16.0. The summed E-state index contributed by atoms with van der Waals surface area (Å²) in [6, 6.07) is 7.37. The molecule has 0 radical (unpaired) electrons. The minimum atomic E-state index is -3.43. The van der Waals surface area contributed by atoms with E-state index in [1.165, 1.54) is 4.31 Å². The first-order valence-corrected chi connectivity index (χ1v) is 9.09. The van der Waals surface area contributed by atoms with Crippen LogP contribution in [-0.4, -0.2) is 32.4 Å². The Hall–Kier alpha value is -0.910. The highest BCUT2D eigenvalue weighted by atomic mass is 32.2. The minimum absolute atomic E-state index is 0.00912. The summed E-state index contributed by atoms with van der Waals surface area (Å²) in [5, 5.41) is 3.30. The second-order valence-corrected chi connectivity index (χ2v) is 7.51. The summed E-state index contributed by atoms with van der Waals surface area (Å²) in [4.78, 5) is 0.371. The van der Waals surface area contributed by atoms with Crippen molar-refractivity contribution in [3.05, 3.63) is 29.8 Å². The number of benzene rings is 1. The number of hydrogen-bond acceptors (Lipinski definition) is 3.